The van der Waals surface area contributed by atoms with Gasteiger partial charge in [0, 0.05) is 11.5 Å². The molecular formula is C27H43N3O4S2. The van der Waals surface area contributed by atoms with Crippen LogP contribution in [-0.4, -0.2) is 43.1 Å². The smallest absolute Gasteiger partial charge is 0.295 e. The van der Waals surface area contributed by atoms with Crippen LogP contribution < -0.4 is 10.0 Å². The average molecular weight is 538 g/mol. The highest BCUT2D eigenvalue weighted by Crippen LogP contribution is 2.15. The molecule has 2 N–H and O–H groups in total. The first kappa shape index (κ1) is 31.8. The van der Waals surface area contributed by atoms with Crippen LogP contribution >= 0.6 is 11.8 Å². The fraction of sp³-hybridized carbons (Fsp3) is 0.556. The number of sulfonamides is 1. The molecule has 1 rings (SSSR count). The molecule has 7 nitrogen and oxygen atoms in total. The quantitative estimate of drug-likeness (QED) is 0.175. The zero-order chi connectivity index (χ0) is 27.0. The van der Waals surface area contributed by atoms with Gasteiger partial charge in [-0.1, -0.05) is 46.6 Å². The summed E-state index contributed by atoms with van der Waals surface area (Å²) >= 11 is 1.54. The molecule has 1 unspecified atom stereocenters. The summed E-state index contributed by atoms with van der Waals surface area (Å²) in [7, 11) is -3.65. The second-order valence-corrected chi connectivity index (χ2v) is 12.2. The number of hydrogen-bond acceptors (Lipinski definition) is 7. The van der Waals surface area contributed by atoms with Crippen molar-refractivity contribution in [3.05, 3.63) is 59.1 Å². The number of nitrogens with zero attached hydrogens (tertiary/aromatic N) is 1. The Kier molecular flexibility index (Phi) is 15.2. The minimum atomic E-state index is -3.65. The Hall–Kier alpha value is -2.26. The van der Waals surface area contributed by atoms with Gasteiger partial charge in [-0.25, -0.2) is 13.4 Å². The normalized spacial score (nSPS) is 13.9. The highest BCUT2D eigenvalue weighted by molar-refractivity contribution is 7.99. The van der Waals surface area contributed by atoms with Gasteiger partial charge in [0.2, 0.25) is 10.0 Å². The monoisotopic (exact) mass is 537 g/mol. The number of carbonyl (C=O) groups is 1. The van der Waals surface area contributed by atoms with E-state index in [9.17, 15) is 13.2 Å². The van der Waals surface area contributed by atoms with Crippen molar-refractivity contribution >= 4 is 33.7 Å². The summed E-state index contributed by atoms with van der Waals surface area (Å²) in [6.45, 7) is 10.8. The molecule has 0 bridgehead atoms. The molecule has 1 heterocycles. The Labute approximate surface area is 222 Å². The minimum absolute atomic E-state index is 0.174. The first-order valence-corrected chi connectivity index (χ1v) is 15.4. The Morgan fingerprint density at radius 2 is 1.53 bits per heavy atom. The third-order valence-corrected chi connectivity index (χ3v) is 6.86. The lowest BCUT2D eigenvalue weighted by Crippen LogP contribution is -2.43. The molecule has 0 aliphatic rings. The van der Waals surface area contributed by atoms with Crippen LogP contribution in [0.3, 0.4) is 0 Å². The van der Waals surface area contributed by atoms with Crippen LogP contribution in [0.5, 0.6) is 0 Å². The number of hydrogen-bond donors (Lipinski definition) is 2. The molecule has 0 aliphatic heterocycles. The SMILES string of the molecule is CC(C)=CCC/C(C)=C/CCC(C)=CCCC(C)=CCSCC(Nc1ncco1)C(=O)NS(C)(=O)=O. The maximum Gasteiger partial charge on any atom is 0.295 e. The molecule has 0 aliphatic carbocycles. The van der Waals surface area contributed by atoms with E-state index in [0.29, 0.717) is 5.75 Å². The average Bonchev–Trinajstić information content (AvgIpc) is 3.27. The van der Waals surface area contributed by atoms with Crippen LogP contribution in [0, 0.1) is 0 Å². The van der Waals surface area contributed by atoms with Crippen LogP contribution in [0.15, 0.2) is 63.5 Å². The van der Waals surface area contributed by atoms with E-state index in [2.05, 4.69) is 69.2 Å². The minimum Gasteiger partial charge on any atom is -0.432 e. The Bertz CT molecular complexity index is 1020. The number of amides is 1. The van der Waals surface area contributed by atoms with Crippen molar-refractivity contribution in [1.29, 1.82) is 0 Å². The van der Waals surface area contributed by atoms with E-state index in [4.69, 9.17) is 4.42 Å². The zero-order valence-corrected chi connectivity index (χ0v) is 24.2. The van der Waals surface area contributed by atoms with Gasteiger partial charge in [0.05, 0.1) is 12.5 Å². The van der Waals surface area contributed by atoms with Crippen molar-refractivity contribution < 1.29 is 17.6 Å². The summed E-state index contributed by atoms with van der Waals surface area (Å²) in [4.78, 5) is 16.3. The zero-order valence-electron chi connectivity index (χ0n) is 22.6. The van der Waals surface area contributed by atoms with E-state index in [1.807, 2.05) is 4.72 Å². The van der Waals surface area contributed by atoms with Crippen molar-refractivity contribution in [2.75, 3.05) is 23.1 Å². The van der Waals surface area contributed by atoms with Gasteiger partial charge in [-0.3, -0.25) is 9.52 Å². The molecule has 0 radical (unpaired) electrons. The maximum absolute atomic E-state index is 12.3. The van der Waals surface area contributed by atoms with Crippen molar-refractivity contribution in [1.82, 2.24) is 9.71 Å². The lowest BCUT2D eigenvalue weighted by atomic mass is 10.0. The molecule has 0 fully saturated rings. The van der Waals surface area contributed by atoms with Gasteiger partial charge < -0.3 is 9.73 Å². The van der Waals surface area contributed by atoms with Gasteiger partial charge in [0.15, 0.2) is 0 Å². The topological polar surface area (TPSA) is 101 Å². The number of carbonyl (C=O) groups excluding carboxylic acids is 1. The van der Waals surface area contributed by atoms with E-state index in [0.717, 1.165) is 50.5 Å². The molecule has 0 saturated heterocycles. The number of aromatic nitrogens is 1. The lowest BCUT2D eigenvalue weighted by molar-refractivity contribution is -0.119. The predicted octanol–water partition coefficient (Wildman–Crippen LogP) is 6.41. The Morgan fingerprint density at radius 1 is 0.972 bits per heavy atom. The highest BCUT2D eigenvalue weighted by Gasteiger charge is 2.22. The van der Waals surface area contributed by atoms with Crippen LogP contribution in [0.1, 0.15) is 73.1 Å². The summed E-state index contributed by atoms with van der Waals surface area (Å²) in [5.41, 5.74) is 5.55. The van der Waals surface area contributed by atoms with Gasteiger partial charge >= 0.3 is 0 Å². The van der Waals surface area contributed by atoms with Crippen molar-refractivity contribution in [3.63, 3.8) is 0 Å². The Balaban J connectivity index is 2.40. The molecule has 36 heavy (non-hydrogen) atoms. The Morgan fingerprint density at radius 3 is 2.03 bits per heavy atom. The fourth-order valence-electron chi connectivity index (χ4n) is 3.25. The molecule has 0 spiro atoms. The summed E-state index contributed by atoms with van der Waals surface area (Å²) in [6, 6.07) is -0.611. The number of allylic oxidation sites excluding steroid dienone is 7. The van der Waals surface area contributed by atoms with Gasteiger partial charge in [0.1, 0.15) is 12.3 Å². The first-order chi connectivity index (χ1) is 17.0. The molecule has 9 heteroatoms. The second-order valence-electron chi connectivity index (χ2n) is 9.36. The molecule has 202 valence electrons. The van der Waals surface area contributed by atoms with Gasteiger partial charge in [-0.05, 0) is 73.1 Å². The van der Waals surface area contributed by atoms with Gasteiger partial charge in [-0.15, -0.1) is 0 Å². The lowest BCUT2D eigenvalue weighted by Gasteiger charge is -2.16. The van der Waals surface area contributed by atoms with Crippen molar-refractivity contribution in [3.8, 4) is 0 Å². The number of rotatable bonds is 17. The van der Waals surface area contributed by atoms with E-state index < -0.39 is 22.0 Å². The number of oxazole rings is 1. The highest BCUT2D eigenvalue weighted by atomic mass is 32.2. The van der Waals surface area contributed by atoms with E-state index in [1.54, 1.807) is 0 Å². The maximum atomic E-state index is 12.3. The molecule has 0 aromatic carbocycles. The number of anilines is 1. The number of thioether (sulfide) groups is 1. The third kappa shape index (κ3) is 16.4. The standard InChI is InChI=1S/C27H43N3O4S2/c1-21(2)10-7-11-22(3)12-8-13-23(4)14-9-15-24(5)16-19-35-20-25(26(31)30-36(6,32)33)29-27-28-17-18-34-27/h10,12,14,16-18,25H,7-9,11,13,15,19-20H2,1-6H3,(H,28,29)(H,30,31)/b22-12+,23-14?,24-16?. The van der Waals surface area contributed by atoms with Gasteiger partial charge in [-0.2, -0.15) is 11.8 Å². The molecule has 0 saturated carbocycles. The largest absolute Gasteiger partial charge is 0.432 e. The fourth-order valence-corrected chi connectivity index (χ4v) is 4.77. The molecule has 1 aromatic rings. The van der Waals surface area contributed by atoms with Crippen molar-refractivity contribution in [2.45, 2.75) is 79.2 Å². The first-order valence-electron chi connectivity index (χ1n) is 12.3. The molecule has 1 atom stereocenters. The third-order valence-electron chi connectivity index (χ3n) is 5.32. The van der Waals surface area contributed by atoms with Crippen molar-refractivity contribution in [2.24, 2.45) is 0 Å². The molecule has 1 aromatic heterocycles. The van der Waals surface area contributed by atoms with Gasteiger partial charge in [0.25, 0.3) is 11.9 Å². The van der Waals surface area contributed by atoms with Crippen LogP contribution in [-0.2, 0) is 14.8 Å². The second kappa shape index (κ2) is 17.2. The van der Waals surface area contributed by atoms with Crippen LogP contribution in [0.25, 0.3) is 0 Å². The molecule has 1 amide bonds. The van der Waals surface area contributed by atoms with E-state index >= 15 is 0 Å². The van der Waals surface area contributed by atoms with E-state index in [1.165, 1.54) is 46.5 Å². The summed E-state index contributed by atoms with van der Waals surface area (Å²) < 4.78 is 30.0. The number of nitrogens with one attached hydrogen (secondary N) is 2. The predicted molar refractivity (Wildman–Crippen MR) is 153 cm³/mol. The summed E-state index contributed by atoms with van der Waals surface area (Å²) in [5.74, 6) is 0.456. The summed E-state index contributed by atoms with van der Waals surface area (Å²) in [6.07, 6.45) is 19.3. The molecular weight excluding hydrogens is 494 g/mol. The van der Waals surface area contributed by atoms with Crippen LogP contribution in [0.4, 0.5) is 6.01 Å². The summed E-state index contributed by atoms with van der Waals surface area (Å²) in [5, 5.41) is 2.84. The van der Waals surface area contributed by atoms with Crippen LogP contribution in [0.2, 0.25) is 0 Å². The van der Waals surface area contributed by atoms with E-state index in [-0.39, 0.29) is 6.01 Å².